The van der Waals surface area contributed by atoms with Gasteiger partial charge in [0.1, 0.15) is 5.82 Å². The third-order valence-electron chi connectivity index (χ3n) is 4.23. The minimum Gasteiger partial charge on any atom is -0.324 e. The summed E-state index contributed by atoms with van der Waals surface area (Å²) in [5.74, 6) is -1.25. The van der Waals surface area contributed by atoms with E-state index in [0.717, 1.165) is 5.69 Å². The number of anilines is 2. The van der Waals surface area contributed by atoms with Crippen LogP contribution in [0.2, 0.25) is 0 Å². The van der Waals surface area contributed by atoms with Crippen LogP contribution in [0, 0.1) is 5.82 Å². The second-order valence-electron chi connectivity index (χ2n) is 6.22. The average Bonchev–Trinajstić information content (AvgIpc) is 3.44. The highest BCUT2D eigenvalue weighted by atomic mass is 32.1. The first-order chi connectivity index (χ1) is 14.1. The van der Waals surface area contributed by atoms with Crippen LogP contribution in [0.4, 0.5) is 15.8 Å². The molecular formula is C22H16FN3O2S. The summed E-state index contributed by atoms with van der Waals surface area (Å²) in [5, 5.41) is 7.17. The van der Waals surface area contributed by atoms with E-state index < -0.39 is 11.7 Å². The van der Waals surface area contributed by atoms with Gasteiger partial charge in [0.05, 0.1) is 10.6 Å². The van der Waals surface area contributed by atoms with Crippen LogP contribution in [0.1, 0.15) is 20.0 Å². The van der Waals surface area contributed by atoms with Crippen LogP contribution >= 0.6 is 11.3 Å². The molecular weight excluding hydrogens is 389 g/mol. The van der Waals surface area contributed by atoms with E-state index in [0.29, 0.717) is 16.1 Å². The molecule has 0 atom stereocenters. The number of benzene rings is 2. The molecule has 0 fully saturated rings. The molecule has 5 nitrogen and oxygen atoms in total. The molecule has 2 amide bonds. The number of carbonyl (C=O) groups is 2. The maximum Gasteiger partial charge on any atom is 0.265 e. The molecule has 0 aliphatic heterocycles. The fourth-order valence-electron chi connectivity index (χ4n) is 2.81. The summed E-state index contributed by atoms with van der Waals surface area (Å²) in [4.78, 5) is 25.4. The Morgan fingerprint density at radius 1 is 0.862 bits per heavy atom. The second kappa shape index (κ2) is 8.12. The smallest absolute Gasteiger partial charge is 0.265 e. The van der Waals surface area contributed by atoms with Crippen LogP contribution < -0.4 is 10.6 Å². The van der Waals surface area contributed by atoms with Gasteiger partial charge >= 0.3 is 0 Å². The minimum atomic E-state index is -0.531. The van der Waals surface area contributed by atoms with Gasteiger partial charge < -0.3 is 15.2 Å². The molecule has 29 heavy (non-hydrogen) atoms. The van der Waals surface area contributed by atoms with Crippen molar-refractivity contribution in [1.29, 1.82) is 0 Å². The summed E-state index contributed by atoms with van der Waals surface area (Å²) in [7, 11) is 0. The molecule has 0 aliphatic carbocycles. The molecule has 0 saturated heterocycles. The standard InChI is InChI=1S/C22H16FN3O2S/c23-18-9-8-17(26-10-1-2-11-26)14-19(18)25-21(27)15-5-3-6-16(13-15)24-22(28)20-7-4-12-29-20/h1-14H,(H,24,28)(H,25,27). The molecule has 2 heterocycles. The van der Waals surface area contributed by atoms with Gasteiger partial charge in [-0.25, -0.2) is 4.39 Å². The van der Waals surface area contributed by atoms with Crippen molar-refractivity contribution in [2.24, 2.45) is 0 Å². The van der Waals surface area contributed by atoms with Gasteiger partial charge in [0.2, 0.25) is 0 Å². The van der Waals surface area contributed by atoms with E-state index in [1.807, 2.05) is 34.5 Å². The quantitative estimate of drug-likeness (QED) is 0.480. The first-order valence-corrected chi connectivity index (χ1v) is 9.67. The van der Waals surface area contributed by atoms with E-state index in [-0.39, 0.29) is 11.6 Å². The molecule has 144 valence electrons. The highest BCUT2D eigenvalue weighted by molar-refractivity contribution is 7.12. The van der Waals surface area contributed by atoms with Crippen molar-refractivity contribution in [2.45, 2.75) is 0 Å². The molecule has 0 saturated carbocycles. The Kier molecular flexibility index (Phi) is 5.22. The molecule has 2 aromatic heterocycles. The first kappa shape index (κ1) is 18.6. The van der Waals surface area contributed by atoms with E-state index in [9.17, 15) is 14.0 Å². The van der Waals surface area contributed by atoms with E-state index in [1.165, 1.54) is 17.4 Å². The maximum absolute atomic E-state index is 14.2. The van der Waals surface area contributed by atoms with E-state index >= 15 is 0 Å². The number of hydrogen-bond donors (Lipinski definition) is 2. The van der Waals surface area contributed by atoms with Gasteiger partial charge in [0, 0.05) is 29.3 Å². The Bertz CT molecular complexity index is 1150. The van der Waals surface area contributed by atoms with Crippen molar-refractivity contribution in [3.8, 4) is 5.69 Å². The monoisotopic (exact) mass is 405 g/mol. The number of amides is 2. The predicted molar refractivity (Wildman–Crippen MR) is 112 cm³/mol. The van der Waals surface area contributed by atoms with E-state index in [2.05, 4.69) is 10.6 Å². The average molecular weight is 405 g/mol. The Hall–Kier alpha value is -3.71. The van der Waals surface area contributed by atoms with Crippen molar-refractivity contribution < 1.29 is 14.0 Å². The second-order valence-corrected chi connectivity index (χ2v) is 7.17. The Balaban J connectivity index is 1.52. The van der Waals surface area contributed by atoms with Gasteiger partial charge in [-0.3, -0.25) is 9.59 Å². The zero-order chi connectivity index (χ0) is 20.2. The summed E-state index contributed by atoms with van der Waals surface area (Å²) in [6, 6.07) is 18.2. The first-order valence-electron chi connectivity index (χ1n) is 8.79. The largest absolute Gasteiger partial charge is 0.324 e. The van der Waals surface area contributed by atoms with E-state index in [4.69, 9.17) is 0 Å². The van der Waals surface area contributed by atoms with Crippen LogP contribution in [0.15, 0.2) is 84.5 Å². The molecule has 0 bridgehead atoms. The lowest BCUT2D eigenvalue weighted by Crippen LogP contribution is -2.15. The van der Waals surface area contributed by atoms with Crippen molar-refractivity contribution in [3.05, 3.63) is 101 Å². The summed E-state index contributed by atoms with van der Waals surface area (Å²) in [6.07, 6.45) is 3.66. The Morgan fingerprint density at radius 2 is 1.69 bits per heavy atom. The van der Waals surface area contributed by atoms with Gasteiger partial charge in [0.15, 0.2) is 0 Å². The van der Waals surface area contributed by atoms with Crippen LogP contribution in [0.25, 0.3) is 5.69 Å². The van der Waals surface area contributed by atoms with Crippen LogP contribution in [0.5, 0.6) is 0 Å². The van der Waals surface area contributed by atoms with Gasteiger partial charge in [-0.15, -0.1) is 11.3 Å². The third-order valence-corrected chi connectivity index (χ3v) is 5.10. The molecule has 0 spiro atoms. The summed E-state index contributed by atoms with van der Waals surface area (Å²) < 4.78 is 16.0. The Morgan fingerprint density at radius 3 is 2.45 bits per heavy atom. The lowest BCUT2D eigenvalue weighted by molar-refractivity contribution is 0.101. The molecule has 0 unspecified atom stereocenters. The molecule has 0 radical (unpaired) electrons. The van der Waals surface area contributed by atoms with Crippen molar-refractivity contribution in [3.63, 3.8) is 0 Å². The maximum atomic E-state index is 14.2. The number of halogens is 1. The van der Waals surface area contributed by atoms with E-state index in [1.54, 1.807) is 48.5 Å². The van der Waals surface area contributed by atoms with Gasteiger partial charge in [-0.05, 0) is 60.0 Å². The predicted octanol–water partition coefficient (Wildman–Crippen LogP) is 5.18. The summed E-state index contributed by atoms with van der Waals surface area (Å²) in [6.45, 7) is 0. The van der Waals surface area contributed by atoms with Crippen molar-refractivity contribution >= 4 is 34.5 Å². The minimum absolute atomic E-state index is 0.0780. The number of thiophene rings is 1. The van der Waals surface area contributed by atoms with Crippen LogP contribution in [0.3, 0.4) is 0 Å². The highest BCUT2D eigenvalue weighted by Crippen LogP contribution is 2.21. The van der Waals surface area contributed by atoms with Gasteiger partial charge in [-0.2, -0.15) is 0 Å². The fraction of sp³-hybridized carbons (Fsp3) is 0. The Labute approximate surface area is 170 Å². The summed E-state index contributed by atoms with van der Waals surface area (Å²) >= 11 is 1.33. The lowest BCUT2D eigenvalue weighted by Gasteiger charge is -2.11. The SMILES string of the molecule is O=C(Nc1cc(-n2cccc2)ccc1F)c1cccc(NC(=O)c2cccs2)c1. The van der Waals surface area contributed by atoms with Crippen molar-refractivity contribution in [1.82, 2.24) is 4.57 Å². The fourth-order valence-corrected chi connectivity index (χ4v) is 3.43. The molecule has 4 rings (SSSR count). The molecule has 4 aromatic rings. The number of nitrogens with one attached hydrogen (secondary N) is 2. The zero-order valence-corrected chi connectivity index (χ0v) is 15.9. The number of hydrogen-bond acceptors (Lipinski definition) is 3. The molecule has 7 heteroatoms. The number of nitrogens with zero attached hydrogens (tertiary/aromatic N) is 1. The topological polar surface area (TPSA) is 63.1 Å². The molecule has 2 aromatic carbocycles. The van der Waals surface area contributed by atoms with Crippen LogP contribution in [-0.4, -0.2) is 16.4 Å². The molecule has 0 aliphatic rings. The third kappa shape index (κ3) is 4.25. The van der Waals surface area contributed by atoms with Gasteiger partial charge in [-0.1, -0.05) is 12.1 Å². The lowest BCUT2D eigenvalue weighted by atomic mass is 10.1. The number of rotatable bonds is 5. The van der Waals surface area contributed by atoms with Gasteiger partial charge in [0.25, 0.3) is 11.8 Å². The summed E-state index contributed by atoms with van der Waals surface area (Å²) in [5.41, 5.74) is 1.59. The number of carbonyl (C=O) groups excluding carboxylic acids is 2. The normalized spacial score (nSPS) is 10.5. The highest BCUT2D eigenvalue weighted by Gasteiger charge is 2.13. The molecule has 2 N–H and O–H groups in total. The zero-order valence-electron chi connectivity index (χ0n) is 15.1. The van der Waals surface area contributed by atoms with Crippen molar-refractivity contribution in [2.75, 3.05) is 10.6 Å². The van der Waals surface area contributed by atoms with Crippen LogP contribution in [-0.2, 0) is 0 Å². The number of aromatic nitrogens is 1.